The van der Waals surface area contributed by atoms with Gasteiger partial charge in [0, 0.05) is 13.0 Å². The molecule has 3 aromatic rings. The first-order chi connectivity index (χ1) is 13.1. The van der Waals surface area contributed by atoms with E-state index >= 15 is 0 Å². The first-order valence-electron chi connectivity index (χ1n) is 8.91. The van der Waals surface area contributed by atoms with Gasteiger partial charge in [0.15, 0.2) is 6.61 Å². The Morgan fingerprint density at radius 3 is 2.89 bits per heavy atom. The SMILES string of the molecule is O=C(OCC(=O)c1cccs1)c1ccc2c(=O)n3c(nc2c1)CCCCC3. The standard InChI is InChI=1S/C20H18N2O4S/c23-16(17-5-4-10-27-17)12-26-20(25)13-7-8-14-15(11-13)21-18-6-2-1-3-9-22(18)19(14)24/h4-5,7-8,10-11H,1-3,6,9,12H2. The van der Waals surface area contributed by atoms with Crippen LogP contribution in [0, 0.1) is 0 Å². The van der Waals surface area contributed by atoms with Crippen molar-refractivity contribution in [2.45, 2.75) is 32.2 Å². The van der Waals surface area contributed by atoms with Gasteiger partial charge in [-0.15, -0.1) is 11.3 Å². The number of aryl methyl sites for hydroxylation is 1. The molecule has 3 heterocycles. The molecule has 0 atom stereocenters. The largest absolute Gasteiger partial charge is 0.454 e. The zero-order valence-corrected chi connectivity index (χ0v) is 15.5. The predicted molar refractivity (Wildman–Crippen MR) is 102 cm³/mol. The van der Waals surface area contributed by atoms with E-state index in [0.717, 1.165) is 31.5 Å². The lowest BCUT2D eigenvalue weighted by Crippen LogP contribution is -2.24. The molecule has 0 spiro atoms. The third-order valence-corrected chi connectivity index (χ3v) is 5.59. The number of Topliss-reactive ketones (excluding diaryl/α,β-unsaturated/α-hetero) is 1. The number of ether oxygens (including phenoxy) is 1. The number of nitrogens with zero attached hydrogens (tertiary/aromatic N) is 2. The third-order valence-electron chi connectivity index (χ3n) is 4.68. The lowest BCUT2D eigenvalue weighted by molar-refractivity contribution is 0.0476. The number of fused-ring (bicyclic) bond motifs is 2. The monoisotopic (exact) mass is 382 g/mol. The molecule has 7 heteroatoms. The molecule has 138 valence electrons. The minimum atomic E-state index is -0.598. The minimum Gasteiger partial charge on any atom is -0.454 e. The molecule has 0 N–H and O–H groups in total. The van der Waals surface area contributed by atoms with E-state index in [9.17, 15) is 14.4 Å². The second-order valence-corrected chi connectivity index (χ2v) is 7.45. The average Bonchev–Trinajstić information content (AvgIpc) is 3.12. The molecular weight excluding hydrogens is 364 g/mol. The highest BCUT2D eigenvalue weighted by molar-refractivity contribution is 7.12. The highest BCUT2D eigenvalue weighted by Gasteiger charge is 2.17. The molecule has 0 saturated carbocycles. The fourth-order valence-electron chi connectivity index (χ4n) is 3.27. The Hall–Kier alpha value is -2.80. The molecule has 0 fully saturated rings. The van der Waals surface area contributed by atoms with Crippen LogP contribution in [0.5, 0.6) is 0 Å². The van der Waals surface area contributed by atoms with Crippen molar-refractivity contribution < 1.29 is 14.3 Å². The van der Waals surface area contributed by atoms with Crippen molar-refractivity contribution in [1.82, 2.24) is 9.55 Å². The zero-order chi connectivity index (χ0) is 18.8. The van der Waals surface area contributed by atoms with Gasteiger partial charge in [-0.05, 0) is 42.5 Å². The zero-order valence-electron chi connectivity index (χ0n) is 14.6. The Morgan fingerprint density at radius 1 is 1.19 bits per heavy atom. The smallest absolute Gasteiger partial charge is 0.338 e. The summed E-state index contributed by atoms with van der Waals surface area (Å²) in [6.45, 7) is 0.378. The molecule has 0 amide bonds. The van der Waals surface area contributed by atoms with Gasteiger partial charge >= 0.3 is 5.97 Å². The molecule has 0 unspecified atom stereocenters. The van der Waals surface area contributed by atoms with E-state index in [1.54, 1.807) is 40.3 Å². The summed E-state index contributed by atoms with van der Waals surface area (Å²) in [6, 6.07) is 8.20. The second-order valence-electron chi connectivity index (χ2n) is 6.50. The molecule has 0 saturated heterocycles. The number of hydrogen-bond donors (Lipinski definition) is 0. The molecule has 2 aromatic heterocycles. The first-order valence-corrected chi connectivity index (χ1v) is 9.79. The van der Waals surface area contributed by atoms with Crippen molar-refractivity contribution in [1.29, 1.82) is 0 Å². The summed E-state index contributed by atoms with van der Waals surface area (Å²) in [5.41, 5.74) is 0.712. The van der Waals surface area contributed by atoms with Gasteiger partial charge in [-0.25, -0.2) is 9.78 Å². The van der Waals surface area contributed by atoms with Crippen LogP contribution in [0.4, 0.5) is 0 Å². The summed E-state index contributed by atoms with van der Waals surface area (Å²) in [7, 11) is 0. The summed E-state index contributed by atoms with van der Waals surface area (Å²) >= 11 is 1.31. The summed E-state index contributed by atoms with van der Waals surface area (Å²) in [6.07, 6.45) is 3.82. The summed E-state index contributed by atoms with van der Waals surface area (Å²) in [5, 5.41) is 2.29. The van der Waals surface area contributed by atoms with Gasteiger partial charge in [0.25, 0.3) is 5.56 Å². The molecule has 4 rings (SSSR count). The van der Waals surface area contributed by atoms with E-state index in [2.05, 4.69) is 4.98 Å². The molecule has 1 aliphatic rings. The van der Waals surface area contributed by atoms with Crippen LogP contribution >= 0.6 is 11.3 Å². The second kappa shape index (κ2) is 7.44. The molecule has 27 heavy (non-hydrogen) atoms. The fraction of sp³-hybridized carbons (Fsp3) is 0.300. The van der Waals surface area contributed by atoms with E-state index in [1.165, 1.54) is 11.3 Å². The number of carbonyl (C=O) groups excluding carboxylic acids is 2. The van der Waals surface area contributed by atoms with Crippen LogP contribution in [-0.2, 0) is 17.7 Å². The van der Waals surface area contributed by atoms with Crippen LogP contribution in [0.3, 0.4) is 0 Å². The minimum absolute atomic E-state index is 0.0651. The molecule has 0 bridgehead atoms. The number of aromatic nitrogens is 2. The van der Waals surface area contributed by atoms with Gasteiger partial charge < -0.3 is 4.74 Å². The number of thiophene rings is 1. The number of ketones is 1. The Bertz CT molecular complexity index is 1070. The predicted octanol–water partition coefficient (Wildman–Crippen LogP) is 3.22. The van der Waals surface area contributed by atoms with Crippen LogP contribution < -0.4 is 5.56 Å². The normalized spacial score (nSPS) is 13.8. The van der Waals surface area contributed by atoms with E-state index in [1.807, 2.05) is 0 Å². The van der Waals surface area contributed by atoms with Crippen LogP contribution in [0.15, 0.2) is 40.5 Å². The van der Waals surface area contributed by atoms with E-state index in [0.29, 0.717) is 22.3 Å². The Kier molecular flexibility index (Phi) is 4.85. The average molecular weight is 382 g/mol. The van der Waals surface area contributed by atoms with Crippen LogP contribution in [-0.4, -0.2) is 27.9 Å². The molecule has 1 aliphatic heterocycles. The summed E-state index contributed by atoms with van der Waals surface area (Å²) < 4.78 is 6.88. The lowest BCUT2D eigenvalue weighted by Gasteiger charge is -2.10. The Morgan fingerprint density at radius 2 is 2.07 bits per heavy atom. The first kappa shape index (κ1) is 17.6. The van der Waals surface area contributed by atoms with Crippen LogP contribution in [0.25, 0.3) is 10.9 Å². The summed E-state index contributed by atoms with van der Waals surface area (Å²) in [5.74, 6) is -0.0668. The van der Waals surface area contributed by atoms with E-state index < -0.39 is 5.97 Å². The maximum Gasteiger partial charge on any atom is 0.338 e. The number of rotatable bonds is 4. The van der Waals surface area contributed by atoms with Gasteiger partial charge in [0.1, 0.15) is 5.82 Å². The highest BCUT2D eigenvalue weighted by atomic mass is 32.1. The van der Waals surface area contributed by atoms with Crippen molar-refractivity contribution in [2.24, 2.45) is 0 Å². The van der Waals surface area contributed by atoms with Crippen molar-refractivity contribution in [3.8, 4) is 0 Å². The van der Waals surface area contributed by atoms with Gasteiger partial charge in [-0.3, -0.25) is 14.2 Å². The maximum absolute atomic E-state index is 12.7. The molecule has 0 radical (unpaired) electrons. The molecule has 1 aromatic carbocycles. The Balaban J connectivity index is 1.58. The Labute approximate surface area is 159 Å². The van der Waals surface area contributed by atoms with Gasteiger partial charge in [-0.2, -0.15) is 0 Å². The van der Waals surface area contributed by atoms with Crippen molar-refractivity contribution in [2.75, 3.05) is 6.61 Å². The highest BCUT2D eigenvalue weighted by Crippen LogP contribution is 2.17. The van der Waals surface area contributed by atoms with Crippen molar-refractivity contribution >= 4 is 34.0 Å². The van der Waals surface area contributed by atoms with Crippen molar-refractivity contribution in [3.63, 3.8) is 0 Å². The molecular formula is C20H18N2O4S. The summed E-state index contributed by atoms with van der Waals surface area (Å²) in [4.78, 5) is 42.2. The molecule has 6 nitrogen and oxygen atoms in total. The number of benzene rings is 1. The topological polar surface area (TPSA) is 78.3 Å². The van der Waals surface area contributed by atoms with E-state index in [4.69, 9.17) is 4.74 Å². The number of carbonyl (C=O) groups is 2. The van der Waals surface area contributed by atoms with E-state index in [-0.39, 0.29) is 23.5 Å². The quantitative estimate of drug-likeness (QED) is 0.511. The van der Waals surface area contributed by atoms with Crippen molar-refractivity contribution in [3.05, 3.63) is 62.3 Å². The number of esters is 1. The van der Waals surface area contributed by atoms with Gasteiger partial charge in [-0.1, -0.05) is 12.5 Å². The van der Waals surface area contributed by atoms with Gasteiger partial charge in [0.05, 0.1) is 21.3 Å². The fourth-order valence-corrected chi connectivity index (χ4v) is 3.92. The van der Waals surface area contributed by atoms with Crippen LogP contribution in [0.2, 0.25) is 0 Å². The lowest BCUT2D eigenvalue weighted by atomic mass is 10.1. The maximum atomic E-state index is 12.7. The molecule has 0 aliphatic carbocycles. The third kappa shape index (κ3) is 3.55. The number of hydrogen-bond acceptors (Lipinski definition) is 6. The van der Waals surface area contributed by atoms with Gasteiger partial charge in [0.2, 0.25) is 5.78 Å². The van der Waals surface area contributed by atoms with Crippen LogP contribution in [0.1, 0.15) is 45.1 Å².